The maximum atomic E-state index is 12.6. The van der Waals surface area contributed by atoms with Gasteiger partial charge in [0.1, 0.15) is 16.5 Å². The molecule has 3 rings (SSSR count). The molecule has 0 saturated heterocycles. The Bertz CT molecular complexity index is 795. The fourth-order valence-electron chi connectivity index (χ4n) is 2.22. The van der Waals surface area contributed by atoms with Crippen molar-refractivity contribution < 1.29 is 4.79 Å². The van der Waals surface area contributed by atoms with Crippen LogP contribution in [-0.2, 0) is 11.2 Å². The molecule has 0 unspecified atom stereocenters. The molecule has 23 heavy (non-hydrogen) atoms. The molecule has 1 amide bonds. The van der Waals surface area contributed by atoms with Crippen LogP contribution in [0.4, 0.5) is 5.13 Å². The third-order valence-corrected chi connectivity index (χ3v) is 4.53. The molecule has 1 aliphatic rings. The molecule has 0 atom stereocenters. The van der Waals surface area contributed by atoms with Crippen LogP contribution in [0.1, 0.15) is 30.8 Å². The van der Waals surface area contributed by atoms with Crippen LogP contribution in [0.15, 0.2) is 35.0 Å². The van der Waals surface area contributed by atoms with Gasteiger partial charge in [-0.3, -0.25) is 4.79 Å². The summed E-state index contributed by atoms with van der Waals surface area (Å²) in [5, 5.41) is 10.4. The largest absolute Gasteiger partial charge is 0.284 e. The zero-order valence-corrected chi connectivity index (χ0v) is 14.4. The first-order valence-electron chi connectivity index (χ1n) is 7.28. The number of halogens is 1. The van der Waals surface area contributed by atoms with Gasteiger partial charge in [0.25, 0.3) is 5.91 Å². The number of benzene rings is 1. The Morgan fingerprint density at radius 2 is 2.00 bits per heavy atom. The summed E-state index contributed by atoms with van der Waals surface area (Å²) in [6.07, 6.45) is 3.61. The number of hydrogen-bond donors (Lipinski definition) is 0. The van der Waals surface area contributed by atoms with Crippen molar-refractivity contribution in [3.8, 4) is 0 Å². The molecule has 0 saturated carbocycles. The highest BCUT2D eigenvalue weighted by Gasteiger charge is 2.31. The van der Waals surface area contributed by atoms with Crippen LogP contribution in [0.25, 0.3) is 6.08 Å². The van der Waals surface area contributed by atoms with Crippen LogP contribution in [0.2, 0.25) is 5.02 Å². The summed E-state index contributed by atoms with van der Waals surface area (Å²) < 4.78 is 0. The van der Waals surface area contributed by atoms with Gasteiger partial charge in [-0.1, -0.05) is 42.0 Å². The lowest BCUT2D eigenvalue weighted by Crippen LogP contribution is -2.30. The highest BCUT2D eigenvalue weighted by atomic mass is 35.5. The van der Waals surface area contributed by atoms with Crippen molar-refractivity contribution in [2.24, 2.45) is 4.99 Å². The fourth-order valence-corrected chi connectivity index (χ4v) is 3.33. The van der Waals surface area contributed by atoms with Crippen molar-refractivity contribution in [2.75, 3.05) is 4.90 Å². The van der Waals surface area contributed by atoms with Gasteiger partial charge in [-0.15, -0.1) is 10.2 Å². The molecule has 0 radical (unpaired) electrons. The fraction of sp³-hybridized carbons (Fsp3) is 0.250. The van der Waals surface area contributed by atoms with Crippen molar-refractivity contribution in [1.82, 2.24) is 10.2 Å². The Balaban J connectivity index is 1.87. The van der Waals surface area contributed by atoms with Gasteiger partial charge >= 0.3 is 0 Å². The predicted octanol–water partition coefficient (Wildman–Crippen LogP) is 3.95. The molecule has 118 valence electrons. The Kier molecular flexibility index (Phi) is 4.54. The number of anilines is 1. The molecule has 2 aromatic rings. The number of hydrogen-bond acceptors (Lipinski definition) is 5. The maximum absolute atomic E-state index is 12.6. The highest BCUT2D eigenvalue weighted by Crippen LogP contribution is 2.28. The Morgan fingerprint density at radius 3 is 2.70 bits per heavy atom. The Morgan fingerprint density at radius 1 is 1.26 bits per heavy atom. The van der Waals surface area contributed by atoms with Gasteiger partial charge in [-0.25, -0.2) is 9.89 Å². The second-order valence-corrected chi connectivity index (χ2v) is 6.59. The van der Waals surface area contributed by atoms with E-state index in [9.17, 15) is 4.79 Å². The average molecular weight is 347 g/mol. The van der Waals surface area contributed by atoms with E-state index in [-0.39, 0.29) is 5.91 Å². The van der Waals surface area contributed by atoms with Gasteiger partial charge in [-0.2, -0.15) is 0 Å². The Hall–Kier alpha value is -2.05. The number of carbonyl (C=O) groups excluding carboxylic acids is 1. The summed E-state index contributed by atoms with van der Waals surface area (Å²) in [5.74, 6) is 0.422. The summed E-state index contributed by atoms with van der Waals surface area (Å²) in [5.41, 5.74) is 1.26. The summed E-state index contributed by atoms with van der Waals surface area (Å²) in [7, 11) is 0. The summed E-state index contributed by atoms with van der Waals surface area (Å²) >= 11 is 7.30. The number of nitrogens with zero attached hydrogens (tertiary/aromatic N) is 4. The highest BCUT2D eigenvalue weighted by molar-refractivity contribution is 7.15. The minimum Gasteiger partial charge on any atom is -0.266 e. The molecule has 0 fully saturated rings. The molecule has 1 aromatic heterocycles. The van der Waals surface area contributed by atoms with E-state index in [1.54, 1.807) is 25.1 Å². The SMILES string of the molecule is CCCc1nnc(N2C(=O)/C(=C/c3ccc(Cl)cc3)N=C2C)s1. The van der Waals surface area contributed by atoms with Gasteiger partial charge in [-0.05, 0) is 37.1 Å². The van der Waals surface area contributed by atoms with E-state index < -0.39 is 0 Å². The van der Waals surface area contributed by atoms with Gasteiger partial charge in [0, 0.05) is 11.4 Å². The standard InChI is InChI=1S/C16H15ClN4OS/c1-3-4-14-19-20-16(23-14)21-10(2)18-13(15(21)22)9-11-5-7-12(17)8-6-11/h5-9H,3-4H2,1-2H3/b13-9-. The minimum absolute atomic E-state index is 0.184. The molecule has 0 aliphatic carbocycles. The summed E-state index contributed by atoms with van der Waals surface area (Å²) in [4.78, 5) is 18.5. The van der Waals surface area contributed by atoms with Gasteiger partial charge < -0.3 is 0 Å². The van der Waals surface area contributed by atoms with Crippen molar-refractivity contribution in [1.29, 1.82) is 0 Å². The van der Waals surface area contributed by atoms with Crippen LogP contribution < -0.4 is 4.90 Å². The number of amides is 1. The summed E-state index contributed by atoms with van der Waals surface area (Å²) in [6, 6.07) is 7.26. The van der Waals surface area contributed by atoms with Gasteiger partial charge in [0.15, 0.2) is 0 Å². The lowest BCUT2D eigenvalue weighted by molar-refractivity contribution is -0.113. The number of amidine groups is 1. The normalized spacial score (nSPS) is 16.3. The zero-order chi connectivity index (χ0) is 16.4. The topological polar surface area (TPSA) is 58.5 Å². The van der Waals surface area contributed by atoms with Crippen LogP contribution in [0, 0.1) is 0 Å². The zero-order valence-electron chi connectivity index (χ0n) is 12.8. The maximum Gasteiger partial charge on any atom is 0.284 e. The quantitative estimate of drug-likeness (QED) is 0.787. The molecule has 0 spiro atoms. The first-order valence-corrected chi connectivity index (χ1v) is 8.47. The number of aryl methyl sites for hydroxylation is 1. The molecule has 1 aliphatic heterocycles. The minimum atomic E-state index is -0.184. The van der Waals surface area contributed by atoms with E-state index in [2.05, 4.69) is 22.1 Å². The van der Waals surface area contributed by atoms with Crippen LogP contribution in [0.5, 0.6) is 0 Å². The van der Waals surface area contributed by atoms with Gasteiger partial charge in [0.2, 0.25) is 5.13 Å². The Labute approximate surface area is 143 Å². The number of rotatable bonds is 4. The molecular formula is C16H15ClN4OS. The van der Waals surface area contributed by atoms with Crippen molar-refractivity contribution in [3.05, 3.63) is 45.6 Å². The van der Waals surface area contributed by atoms with E-state index >= 15 is 0 Å². The predicted molar refractivity (Wildman–Crippen MR) is 93.9 cm³/mol. The lowest BCUT2D eigenvalue weighted by Gasteiger charge is -2.10. The van der Waals surface area contributed by atoms with Crippen LogP contribution in [-0.4, -0.2) is 21.9 Å². The van der Waals surface area contributed by atoms with E-state index in [4.69, 9.17) is 11.6 Å². The van der Waals surface area contributed by atoms with Gasteiger partial charge in [0.05, 0.1) is 0 Å². The lowest BCUT2D eigenvalue weighted by atomic mass is 10.2. The molecule has 0 bridgehead atoms. The van der Waals surface area contributed by atoms with E-state index in [0.29, 0.717) is 21.7 Å². The molecule has 5 nitrogen and oxygen atoms in total. The number of aromatic nitrogens is 2. The second-order valence-electron chi connectivity index (χ2n) is 5.11. The van der Waals surface area contributed by atoms with Crippen molar-refractivity contribution in [3.63, 3.8) is 0 Å². The van der Waals surface area contributed by atoms with E-state index in [0.717, 1.165) is 23.4 Å². The first kappa shape index (κ1) is 15.8. The number of aliphatic imine (C=N–C) groups is 1. The van der Waals surface area contributed by atoms with E-state index in [1.807, 2.05) is 12.1 Å². The van der Waals surface area contributed by atoms with Crippen molar-refractivity contribution >= 4 is 45.9 Å². The average Bonchev–Trinajstić information content (AvgIpc) is 3.07. The second kappa shape index (κ2) is 6.60. The smallest absolute Gasteiger partial charge is 0.266 e. The molecule has 1 aromatic carbocycles. The molecule has 7 heteroatoms. The van der Waals surface area contributed by atoms with Crippen molar-refractivity contribution in [2.45, 2.75) is 26.7 Å². The van der Waals surface area contributed by atoms with Crippen LogP contribution >= 0.6 is 22.9 Å². The van der Waals surface area contributed by atoms with Crippen LogP contribution in [0.3, 0.4) is 0 Å². The molecular weight excluding hydrogens is 332 g/mol. The number of carbonyl (C=O) groups is 1. The third-order valence-electron chi connectivity index (χ3n) is 3.31. The monoisotopic (exact) mass is 346 g/mol. The summed E-state index contributed by atoms with van der Waals surface area (Å²) in [6.45, 7) is 3.88. The molecule has 0 N–H and O–H groups in total. The third kappa shape index (κ3) is 3.33. The molecule has 2 heterocycles. The van der Waals surface area contributed by atoms with E-state index in [1.165, 1.54) is 16.2 Å². The first-order chi connectivity index (χ1) is 11.1.